The molecule has 0 aliphatic carbocycles. The van der Waals surface area contributed by atoms with Gasteiger partial charge in [-0.15, -0.1) is 0 Å². The summed E-state index contributed by atoms with van der Waals surface area (Å²) >= 11 is 0. The third-order valence-electron chi connectivity index (χ3n) is 3.23. The predicted molar refractivity (Wildman–Crippen MR) is 77.7 cm³/mol. The van der Waals surface area contributed by atoms with Crippen LogP contribution < -0.4 is 5.73 Å². The second-order valence-electron chi connectivity index (χ2n) is 4.69. The van der Waals surface area contributed by atoms with Gasteiger partial charge in [0.05, 0.1) is 0 Å². The molecule has 2 aromatic carbocycles. The molecule has 0 amide bonds. The minimum atomic E-state index is 0.730. The molecule has 0 aliphatic heterocycles. The lowest BCUT2D eigenvalue weighted by atomic mass is 10.0. The van der Waals surface area contributed by atoms with Gasteiger partial charge < -0.3 is 5.73 Å². The average Bonchev–Trinajstić information content (AvgIpc) is 2.42. The summed E-state index contributed by atoms with van der Waals surface area (Å²) in [6.07, 6.45) is 4.49. The van der Waals surface area contributed by atoms with Gasteiger partial charge in [0.15, 0.2) is 0 Å². The molecular weight excluding hydrogens is 218 g/mol. The van der Waals surface area contributed by atoms with Crippen molar-refractivity contribution >= 4 is 0 Å². The van der Waals surface area contributed by atoms with E-state index in [1.165, 1.54) is 23.1 Å². The van der Waals surface area contributed by atoms with Gasteiger partial charge >= 0.3 is 0 Å². The molecule has 0 unspecified atom stereocenters. The van der Waals surface area contributed by atoms with Crippen molar-refractivity contribution < 1.29 is 0 Å². The highest BCUT2D eigenvalue weighted by atomic mass is 14.5. The maximum Gasteiger partial charge on any atom is -0.00367 e. The van der Waals surface area contributed by atoms with Gasteiger partial charge in [-0.05, 0) is 48.9 Å². The summed E-state index contributed by atoms with van der Waals surface area (Å²) in [7, 11) is 0. The molecule has 2 rings (SSSR count). The van der Waals surface area contributed by atoms with Crippen LogP contribution in [0.5, 0.6) is 0 Å². The Kier molecular flexibility index (Phi) is 4.98. The summed E-state index contributed by atoms with van der Waals surface area (Å²) in [6.45, 7) is 0.730. The zero-order valence-electron chi connectivity index (χ0n) is 10.8. The highest BCUT2D eigenvalue weighted by molar-refractivity contribution is 5.23. The molecule has 0 spiro atoms. The van der Waals surface area contributed by atoms with E-state index < -0.39 is 0 Å². The zero-order chi connectivity index (χ0) is 12.6. The summed E-state index contributed by atoms with van der Waals surface area (Å²) in [6, 6.07) is 19.5. The maximum atomic E-state index is 5.54. The first-order chi connectivity index (χ1) is 8.88. The van der Waals surface area contributed by atoms with E-state index in [-0.39, 0.29) is 0 Å². The number of hydrogen-bond donors (Lipinski definition) is 1. The van der Waals surface area contributed by atoms with E-state index in [4.69, 9.17) is 5.73 Å². The van der Waals surface area contributed by atoms with Crippen LogP contribution in [0.25, 0.3) is 0 Å². The lowest BCUT2D eigenvalue weighted by molar-refractivity contribution is 0.819. The number of nitrogens with two attached hydrogens (primary N) is 1. The predicted octanol–water partition coefficient (Wildman–Crippen LogP) is 3.36. The lowest BCUT2D eigenvalue weighted by Gasteiger charge is -2.04. The van der Waals surface area contributed by atoms with Crippen LogP contribution >= 0.6 is 0 Å². The number of hydrogen-bond acceptors (Lipinski definition) is 1. The summed E-state index contributed by atoms with van der Waals surface area (Å²) in [5.41, 5.74) is 9.73. The Morgan fingerprint density at radius 2 is 1.11 bits per heavy atom. The second-order valence-corrected chi connectivity index (χ2v) is 4.69. The summed E-state index contributed by atoms with van der Waals surface area (Å²) in [5, 5.41) is 0. The van der Waals surface area contributed by atoms with Crippen molar-refractivity contribution in [3.63, 3.8) is 0 Å². The molecular formula is C17H21N. The molecule has 0 bridgehead atoms. The first kappa shape index (κ1) is 12.8. The average molecular weight is 239 g/mol. The van der Waals surface area contributed by atoms with E-state index in [2.05, 4.69) is 54.6 Å². The first-order valence-corrected chi connectivity index (χ1v) is 6.70. The van der Waals surface area contributed by atoms with E-state index in [9.17, 15) is 0 Å². The minimum Gasteiger partial charge on any atom is -0.330 e. The van der Waals surface area contributed by atoms with Crippen molar-refractivity contribution in [2.45, 2.75) is 25.7 Å². The van der Waals surface area contributed by atoms with Gasteiger partial charge in [0.1, 0.15) is 0 Å². The number of rotatable bonds is 6. The third-order valence-corrected chi connectivity index (χ3v) is 3.23. The van der Waals surface area contributed by atoms with Crippen molar-refractivity contribution in [1.29, 1.82) is 0 Å². The quantitative estimate of drug-likeness (QED) is 0.822. The molecule has 0 fully saturated rings. The van der Waals surface area contributed by atoms with Crippen LogP contribution in [0.2, 0.25) is 0 Å². The van der Waals surface area contributed by atoms with Crippen molar-refractivity contribution in [3.05, 3.63) is 71.3 Å². The van der Waals surface area contributed by atoms with Crippen LogP contribution in [0.1, 0.15) is 23.1 Å². The smallest absolute Gasteiger partial charge is 0.00367 e. The topological polar surface area (TPSA) is 26.0 Å². The fraction of sp³-hybridized carbons (Fsp3) is 0.294. The molecule has 2 N–H and O–H groups in total. The normalized spacial score (nSPS) is 10.5. The van der Waals surface area contributed by atoms with Crippen molar-refractivity contribution in [2.24, 2.45) is 5.73 Å². The van der Waals surface area contributed by atoms with Gasteiger partial charge in [-0.25, -0.2) is 0 Å². The molecule has 1 nitrogen and oxygen atoms in total. The standard InChI is InChI=1S/C17H21N/c18-14-13-17-11-9-16(10-12-17)8-4-7-15-5-2-1-3-6-15/h1-3,5-6,9-12H,4,7-8,13-14,18H2. The molecule has 1 heteroatoms. The van der Waals surface area contributed by atoms with E-state index >= 15 is 0 Å². The van der Waals surface area contributed by atoms with Gasteiger partial charge in [0.2, 0.25) is 0 Å². The SMILES string of the molecule is NCCc1ccc(CCCc2ccccc2)cc1. The molecule has 0 aromatic heterocycles. The largest absolute Gasteiger partial charge is 0.330 e. The van der Waals surface area contributed by atoms with Crippen molar-refractivity contribution in [2.75, 3.05) is 6.54 Å². The summed E-state index contributed by atoms with van der Waals surface area (Å²) < 4.78 is 0. The summed E-state index contributed by atoms with van der Waals surface area (Å²) in [4.78, 5) is 0. The van der Waals surface area contributed by atoms with Gasteiger partial charge in [-0.3, -0.25) is 0 Å². The highest BCUT2D eigenvalue weighted by Crippen LogP contribution is 2.10. The Morgan fingerprint density at radius 1 is 0.611 bits per heavy atom. The number of aryl methyl sites for hydroxylation is 2. The van der Waals surface area contributed by atoms with Crippen molar-refractivity contribution in [3.8, 4) is 0 Å². The highest BCUT2D eigenvalue weighted by Gasteiger charge is 1.96. The van der Waals surface area contributed by atoms with Crippen LogP contribution in [-0.2, 0) is 19.3 Å². The fourth-order valence-corrected chi connectivity index (χ4v) is 2.18. The lowest BCUT2D eigenvalue weighted by Crippen LogP contribution is -2.02. The third kappa shape index (κ3) is 4.01. The van der Waals surface area contributed by atoms with Crippen LogP contribution in [0, 0.1) is 0 Å². The second kappa shape index (κ2) is 6.97. The van der Waals surface area contributed by atoms with Gasteiger partial charge in [-0.1, -0.05) is 54.6 Å². The Labute approximate surface area is 110 Å². The molecule has 18 heavy (non-hydrogen) atoms. The van der Waals surface area contributed by atoms with Crippen molar-refractivity contribution in [1.82, 2.24) is 0 Å². The molecule has 0 saturated carbocycles. The fourth-order valence-electron chi connectivity index (χ4n) is 2.18. The molecule has 94 valence electrons. The Hall–Kier alpha value is -1.60. The molecule has 0 heterocycles. The molecule has 0 aliphatic rings. The monoisotopic (exact) mass is 239 g/mol. The molecule has 0 saturated heterocycles. The Bertz CT molecular complexity index is 445. The van der Waals surface area contributed by atoms with E-state index in [0.29, 0.717) is 0 Å². The van der Waals surface area contributed by atoms with Crippen LogP contribution in [-0.4, -0.2) is 6.54 Å². The van der Waals surface area contributed by atoms with E-state index in [1.54, 1.807) is 0 Å². The molecule has 0 atom stereocenters. The number of benzene rings is 2. The van der Waals surface area contributed by atoms with E-state index in [1.807, 2.05) is 0 Å². The van der Waals surface area contributed by atoms with Crippen LogP contribution in [0.15, 0.2) is 54.6 Å². The molecule has 2 aromatic rings. The van der Waals surface area contributed by atoms with Crippen LogP contribution in [0.4, 0.5) is 0 Å². The molecule has 0 radical (unpaired) electrons. The van der Waals surface area contributed by atoms with Crippen LogP contribution in [0.3, 0.4) is 0 Å². The van der Waals surface area contributed by atoms with Gasteiger partial charge in [-0.2, -0.15) is 0 Å². The zero-order valence-corrected chi connectivity index (χ0v) is 10.8. The first-order valence-electron chi connectivity index (χ1n) is 6.70. The summed E-state index contributed by atoms with van der Waals surface area (Å²) in [5.74, 6) is 0. The van der Waals surface area contributed by atoms with E-state index in [0.717, 1.165) is 25.8 Å². The minimum absolute atomic E-state index is 0.730. The Morgan fingerprint density at radius 3 is 1.67 bits per heavy atom. The van der Waals surface area contributed by atoms with Gasteiger partial charge in [0, 0.05) is 0 Å². The maximum absolute atomic E-state index is 5.54. The van der Waals surface area contributed by atoms with Gasteiger partial charge in [0.25, 0.3) is 0 Å². The Balaban J connectivity index is 1.80.